The third-order valence-corrected chi connectivity index (χ3v) is 5.72. The lowest BCUT2D eigenvalue weighted by molar-refractivity contribution is 0.0101. The number of likely N-dealkylation sites (N-methyl/N-ethyl adjacent to an activating group) is 1. The molecule has 2 rings (SSSR count). The van der Waals surface area contributed by atoms with Gasteiger partial charge < -0.3 is 10.1 Å². The molecular formula is C16H28N2OS. The van der Waals surface area contributed by atoms with Crippen molar-refractivity contribution in [2.45, 2.75) is 64.5 Å². The fourth-order valence-electron chi connectivity index (χ4n) is 3.35. The van der Waals surface area contributed by atoms with E-state index in [9.17, 15) is 0 Å². The minimum atomic E-state index is 0.310. The molecule has 0 spiro atoms. The van der Waals surface area contributed by atoms with Gasteiger partial charge in [-0.1, -0.05) is 19.3 Å². The smallest absolute Gasteiger partial charge is 0.0947 e. The lowest BCUT2D eigenvalue weighted by Crippen LogP contribution is -2.45. The van der Waals surface area contributed by atoms with Crippen molar-refractivity contribution < 1.29 is 4.74 Å². The first-order chi connectivity index (χ1) is 9.65. The molecule has 4 heteroatoms. The van der Waals surface area contributed by atoms with Gasteiger partial charge in [0.1, 0.15) is 0 Å². The number of hydrogen-bond acceptors (Lipinski definition) is 4. The van der Waals surface area contributed by atoms with Crippen LogP contribution < -0.4 is 5.32 Å². The van der Waals surface area contributed by atoms with Crippen LogP contribution in [0.25, 0.3) is 0 Å². The first kappa shape index (κ1) is 15.9. The highest BCUT2D eigenvalue weighted by Gasteiger charge is 2.30. The molecule has 0 bridgehead atoms. The van der Waals surface area contributed by atoms with Crippen LogP contribution in [0.5, 0.6) is 0 Å². The molecule has 1 saturated carbocycles. The van der Waals surface area contributed by atoms with Gasteiger partial charge >= 0.3 is 0 Å². The summed E-state index contributed by atoms with van der Waals surface area (Å²) in [4.78, 5) is 6.02. The fourth-order valence-corrected chi connectivity index (χ4v) is 4.34. The van der Waals surface area contributed by atoms with E-state index in [2.05, 4.69) is 24.1 Å². The molecule has 2 atom stereocenters. The van der Waals surface area contributed by atoms with Crippen molar-refractivity contribution in [2.24, 2.45) is 5.92 Å². The van der Waals surface area contributed by atoms with E-state index in [0.29, 0.717) is 18.1 Å². The predicted octanol–water partition coefficient (Wildman–Crippen LogP) is 3.49. The molecule has 0 radical (unpaired) electrons. The lowest BCUT2D eigenvalue weighted by atomic mass is 9.82. The van der Waals surface area contributed by atoms with Crippen LogP contribution in [-0.4, -0.2) is 31.3 Å². The summed E-state index contributed by atoms with van der Waals surface area (Å²) in [5.41, 5.74) is 1.17. The summed E-state index contributed by atoms with van der Waals surface area (Å²) in [7, 11) is 3.91. The number of aromatic nitrogens is 1. The maximum atomic E-state index is 5.87. The summed E-state index contributed by atoms with van der Waals surface area (Å²) in [6, 6.07) is 0.369. The molecule has 1 aromatic rings. The third-order valence-electron chi connectivity index (χ3n) is 4.62. The van der Waals surface area contributed by atoms with E-state index in [1.54, 1.807) is 0 Å². The van der Waals surface area contributed by atoms with Gasteiger partial charge in [-0.15, -0.1) is 11.3 Å². The van der Waals surface area contributed by atoms with Crippen LogP contribution >= 0.6 is 11.3 Å². The van der Waals surface area contributed by atoms with Crippen LogP contribution in [0.15, 0.2) is 0 Å². The van der Waals surface area contributed by atoms with Crippen molar-refractivity contribution in [1.29, 1.82) is 0 Å². The zero-order valence-corrected chi connectivity index (χ0v) is 14.1. The van der Waals surface area contributed by atoms with Crippen molar-refractivity contribution in [3.8, 4) is 0 Å². The predicted molar refractivity (Wildman–Crippen MR) is 85.5 cm³/mol. The van der Waals surface area contributed by atoms with Gasteiger partial charge in [0.05, 0.1) is 16.8 Å². The number of thiazole rings is 1. The first-order valence-corrected chi connectivity index (χ1v) is 8.60. The first-order valence-electron chi connectivity index (χ1n) is 7.78. The summed E-state index contributed by atoms with van der Waals surface area (Å²) in [5.74, 6) is 0.702. The van der Waals surface area contributed by atoms with Crippen molar-refractivity contribution in [3.63, 3.8) is 0 Å². The van der Waals surface area contributed by atoms with E-state index in [0.717, 1.165) is 6.42 Å². The zero-order valence-electron chi connectivity index (χ0n) is 13.2. The van der Waals surface area contributed by atoms with Crippen molar-refractivity contribution in [2.75, 3.05) is 14.2 Å². The Morgan fingerprint density at radius 1 is 1.30 bits per heavy atom. The van der Waals surface area contributed by atoms with Gasteiger partial charge in [-0.3, -0.25) is 0 Å². The van der Waals surface area contributed by atoms with Crippen LogP contribution in [0, 0.1) is 19.8 Å². The van der Waals surface area contributed by atoms with Crippen LogP contribution in [0.2, 0.25) is 0 Å². The Balaban J connectivity index is 2.04. The zero-order chi connectivity index (χ0) is 14.5. The van der Waals surface area contributed by atoms with Gasteiger partial charge in [-0.2, -0.15) is 0 Å². The van der Waals surface area contributed by atoms with Crippen molar-refractivity contribution in [1.82, 2.24) is 10.3 Å². The lowest BCUT2D eigenvalue weighted by Gasteiger charge is -2.34. The van der Waals surface area contributed by atoms with Crippen LogP contribution in [-0.2, 0) is 11.2 Å². The van der Waals surface area contributed by atoms with E-state index in [-0.39, 0.29) is 0 Å². The number of rotatable bonds is 6. The van der Waals surface area contributed by atoms with Gasteiger partial charge in [0.15, 0.2) is 0 Å². The van der Waals surface area contributed by atoms with Gasteiger partial charge in [-0.05, 0) is 39.7 Å². The molecule has 1 heterocycles. The normalized spacial score (nSPS) is 20.0. The molecule has 0 aromatic carbocycles. The Kier molecular flexibility index (Phi) is 6.00. The van der Waals surface area contributed by atoms with E-state index in [4.69, 9.17) is 4.74 Å². The van der Waals surface area contributed by atoms with Crippen molar-refractivity contribution in [3.05, 3.63) is 15.6 Å². The Hall–Kier alpha value is -0.450. The second-order valence-electron chi connectivity index (χ2n) is 5.95. The highest BCUT2D eigenvalue weighted by molar-refractivity contribution is 7.11. The number of nitrogens with zero attached hydrogens (tertiary/aromatic N) is 1. The molecule has 0 aliphatic heterocycles. The molecule has 1 N–H and O–H groups in total. The van der Waals surface area contributed by atoms with Crippen LogP contribution in [0.4, 0.5) is 0 Å². The van der Waals surface area contributed by atoms with Gasteiger partial charge in [-0.25, -0.2) is 4.98 Å². The molecule has 114 valence electrons. The topological polar surface area (TPSA) is 34.2 Å². The molecule has 1 aliphatic rings. The van der Waals surface area contributed by atoms with Crippen LogP contribution in [0.3, 0.4) is 0 Å². The SMILES string of the molecule is CNC(Cc1nc(C)c(C)s1)C(OC)C1CCCCC1. The van der Waals surface area contributed by atoms with E-state index in [1.807, 2.05) is 25.5 Å². The van der Waals surface area contributed by atoms with E-state index >= 15 is 0 Å². The molecule has 1 fully saturated rings. The van der Waals surface area contributed by atoms with Crippen LogP contribution in [0.1, 0.15) is 47.7 Å². The van der Waals surface area contributed by atoms with Gasteiger partial charge in [0.25, 0.3) is 0 Å². The maximum absolute atomic E-state index is 5.87. The van der Waals surface area contributed by atoms with E-state index in [1.165, 1.54) is 47.7 Å². The minimum Gasteiger partial charge on any atom is -0.380 e. The number of ether oxygens (including phenoxy) is 1. The molecule has 1 aromatic heterocycles. The second kappa shape index (κ2) is 7.53. The Morgan fingerprint density at radius 2 is 2.00 bits per heavy atom. The fraction of sp³-hybridized carbons (Fsp3) is 0.812. The molecule has 20 heavy (non-hydrogen) atoms. The Bertz CT molecular complexity index is 393. The standard InChI is InChI=1S/C16H28N2OS/c1-11-12(2)20-15(18-11)10-14(17-3)16(19-4)13-8-6-5-7-9-13/h13-14,16-17H,5-10H2,1-4H3. The monoisotopic (exact) mass is 296 g/mol. The molecule has 2 unspecified atom stereocenters. The summed E-state index contributed by atoms with van der Waals surface area (Å²) in [5, 5.41) is 4.70. The van der Waals surface area contributed by atoms with Gasteiger partial charge in [0.2, 0.25) is 0 Å². The average molecular weight is 296 g/mol. The minimum absolute atomic E-state index is 0.310. The summed E-state index contributed by atoms with van der Waals surface area (Å²) >= 11 is 1.83. The molecule has 3 nitrogen and oxygen atoms in total. The molecular weight excluding hydrogens is 268 g/mol. The number of aryl methyl sites for hydroxylation is 2. The third kappa shape index (κ3) is 3.80. The van der Waals surface area contributed by atoms with Gasteiger partial charge in [0, 0.05) is 24.4 Å². The Labute approximate surface area is 127 Å². The maximum Gasteiger partial charge on any atom is 0.0947 e. The van der Waals surface area contributed by atoms with Crippen molar-refractivity contribution >= 4 is 11.3 Å². The highest BCUT2D eigenvalue weighted by atomic mass is 32.1. The molecule has 0 saturated heterocycles. The quantitative estimate of drug-likeness (QED) is 0.872. The Morgan fingerprint density at radius 3 is 2.50 bits per heavy atom. The summed E-state index contributed by atoms with van der Waals surface area (Å²) < 4.78 is 5.87. The number of hydrogen-bond donors (Lipinski definition) is 1. The molecule has 1 aliphatic carbocycles. The summed E-state index contributed by atoms with van der Waals surface area (Å²) in [6.45, 7) is 4.25. The largest absolute Gasteiger partial charge is 0.380 e. The molecule has 0 amide bonds. The number of nitrogens with one attached hydrogen (secondary N) is 1. The van der Waals surface area contributed by atoms with E-state index < -0.39 is 0 Å². The number of methoxy groups -OCH3 is 1. The average Bonchev–Trinajstić information content (AvgIpc) is 2.78. The summed E-state index contributed by atoms with van der Waals surface area (Å²) in [6.07, 6.45) is 8.02. The highest BCUT2D eigenvalue weighted by Crippen LogP contribution is 2.30. The second-order valence-corrected chi connectivity index (χ2v) is 7.23.